The highest BCUT2D eigenvalue weighted by Gasteiger charge is 2.19. The molecule has 1 unspecified atom stereocenters. The van der Waals surface area contributed by atoms with Crippen molar-refractivity contribution in [2.24, 2.45) is 17.8 Å². The predicted molar refractivity (Wildman–Crippen MR) is 73.9 cm³/mol. The van der Waals surface area contributed by atoms with Crippen molar-refractivity contribution < 1.29 is 14.7 Å². The molecule has 0 radical (unpaired) electrons. The molecule has 0 bridgehead atoms. The molecule has 0 spiro atoms. The van der Waals surface area contributed by atoms with E-state index in [0.29, 0.717) is 18.9 Å². The molecule has 5 nitrogen and oxygen atoms in total. The number of carboxylic acid groups (broad SMARTS) is 1. The van der Waals surface area contributed by atoms with Crippen molar-refractivity contribution in [1.82, 2.24) is 10.6 Å². The minimum absolute atomic E-state index is 0.194. The summed E-state index contributed by atoms with van der Waals surface area (Å²) in [5.41, 5.74) is 0. The first-order chi connectivity index (χ1) is 9.02. The van der Waals surface area contributed by atoms with Crippen LogP contribution < -0.4 is 10.6 Å². The monoisotopic (exact) mass is 270 g/mol. The van der Waals surface area contributed by atoms with Gasteiger partial charge in [0, 0.05) is 13.1 Å². The molecule has 1 rings (SSSR count). The first kappa shape index (κ1) is 15.8. The number of amides is 2. The van der Waals surface area contributed by atoms with Crippen LogP contribution in [-0.4, -0.2) is 30.2 Å². The van der Waals surface area contributed by atoms with E-state index < -0.39 is 11.9 Å². The number of rotatable bonds is 6. The number of hydrogen-bond acceptors (Lipinski definition) is 2. The summed E-state index contributed by atoms with van der Waals surface area (Å²) in [6.45, 7) is 4.97. The van der Waals surface area contributed by atoms with Crippen molar-refractivity contribution in [1.29, 1.82) is 0 Å². The normalized spacial score (nSPS) is 24.5. The van der Waals surface area contributed by atoms with Gasteiger partial charge in [-0.1, -0.05) is 26.7 Å². The zero-order valence-corrected chi connectivity index (χ0v) is 11.9. The van der Waals surface area contributed by atoms with Crippen LogP contribution in [0.2, 0.25) is 0 Å². The molecule has 0 saturated heterocycles. The van der Waals surface area contributed by atoms with Crippen molar-refractivity contribution >= 4 is 12.0 Å². The molecule has 1 saturated carbocycles. The molecule has 2 amide bonds. The molecule has 0 aromatic rings. The van der Waals surface area contributed by atoms with Gasteiger partial charge >= 0.3 is 12.0 Å². The first-order valence-electron chi connectivity index (χ1n) is 7.27. The van der Waals surface area contributed by atoms with Crippen molar-refractivity contribution in [3.05, 3.63) is 0 Å². The highest BCUT2D eigenvalue weighted by atomic mass is 16.4. The number of hydrogen-bond donors (Lipinski definition) is 3. The van der Waals surface area contributed by atoms with E-state index in [1.807, 2.05) is 6.92 Å². The zero-order valence-electron chi connectivity index (χ0n) is 11.9. The third-order valence-electron chi connectivity index (χ3n) is 4.04. The smallest absolute Gasteiger partial charge is 0.314 e. The maximum atomic E-state index is 11.6. The van der Waals surface area contributed by atoms with Gasteiger partial charge in [-0.05, 0) is 31.1 Å². The fourth-order valence-electron chi connectivity index (χ4n) is 2.45. The summed E-state index contributed by atoms with van der Waals surface area (Å²) in [4.78, 5) is 22.4. The van der Waals surface area contributed by atoms with Crippen LogP contribution in [0.25, 0.3) is 0 Å². The van der Waals surface area contributed by atoms with Crippen LogP contribution in [0.1, 0.15) is 46.0 Å². The van der Waals surface area contributed by atoms with Gasteiger partial charge in [-0.25, -0.2) is 4.79 Å². The Bertz CT molecular complexity index is 299. The van der Waals surface area contributed by atoms with E-state index in [1.54, 1.807) is 0 Å². The van der Waals surface area contributed by atoms with E-state index >= 15 is 0 Å². The molecular weight excluding hydrogens is 244 g/mol. The van der Waals surface area contributed by atoms with Crippen molar-refractivity contribution in [3.8, 4) is 0 Å². The van der Waals surface area contributed by atoms with Gasteiger partial charge in [-0.15, -0.1) is 0 Å². The Labute approximate surface area is 115 Å². The Balaban J connectivity index is 2.15. The molecule has 3 N–H and O–H groups in total. The molecule has 0 aromatic carbocycles. The number of urea groups is 1. The quantitative estimate of drug-likeness (QED) is 0.692. The van der Waals surface area contributed by atoms with E-state index in [9.17, 15) is 9.59 Å². The van der Waals surface area contributed by atoms with Gasteiger partial charge in [0.25, 0.3) is 0 Å². The maximum absolute atomic E-state index is 11.6. The van der Waals surface area contributed by atoms with E-state index in [4.69, 9.17) is 5.11 Å². The molecule has 0 aliphatic heterocycles. The number of nitrogens with one attached hydrogen (secondary N) is 2. The molecule has 1 fully saturated rings. The second kappa shape index (κ2) is 8.02. The number of carboxylic acids is 1. The SMILES string of the molecule is CCC(CNC(=O)NCC1CCC(C)CC1)C(=O)O. The summed E-state index contributed by atoms with van der Waals surface area (Å²) in [7, 11) is 0. The van der Waals surface area contributed by atoms with Gasteiger partial charge in [-0.2, -0.15) is 0 Å². The average Bonchev–Trinajstić information content (AvgIpc) is 2.38. The lowest BCUT2D eigenvalue weighted by molar-refractivity contribution is -0.141. The average molecular weight is 270 g/mol. The van der Waals surface area contributed by atoms with Crippen molar-refractivity contribution in [3.63, 3.8) is 0 Å². The van der Waals surface area contributed by atoms with Gasteiger partial charge < -0.3 is 15.7 Å². The van der Waals surface area contributed by atoms with Crippen molar-refractivity contribution in [2.75, 3.05) is 13.1 Å². The topological polar surface area (TPSA) is 78.4 Å². The summed E-state index contributed by atoms with van der Waals surface area (Å²) < 4.78 is 0. The molecule has 1 aliphatic rings. The molecular formula is C14H26N2O3. The minimum atomic E-state index is -0.857. The van der Waals surface area contributed by atoms with Gasteiger partial charge in [-0.3, -0.25) is 4.79 Å². The summed E-state index contributed by atoms with van der Waals surface area (Å²) in [5.74, 6) is 0.0275. The van der Waals surface area contributed by atoms with Crippen LogP contribution in [0.3, 0.4) is 0 Å². The van der Waals surface area contributed by atoms with E-state index in [2.05, 4.69) is 17.6 Å². The van der Waals surface area contributed by atoms with Crippen molar-refractivity contribution in [2.45, 2.75) is 46.0 Å². The third kappa shape index (κ3) is 5.94. The van der Waals surface area contributed by atoms with Crippen LogP contribution in [0.5, 0.6) is 0 Å². The minimum Gasteiger partial charge on any atom is -0.481 e. The summed E-state index contributed by atoms with van der Waals surface area (Å²) in [6, 6.07) is -0.252. The van der Waals surface area contributed by atoms with Gasteiger partial charge in [0.1, 0.15) is 0 Å². The van der Waals surface area contributed by atoms with Crippen LogP contribution in [0, 0.1) is 17.8 Å². The summed E-state index contributed by atoms with van der Waals surface area (Å²) >= 11 is 0. The molecule has 1 aliphatic carbocycles. The lowest BCUT2D eigenvalue weighted by Crippen LogP contribution is -2.41. The molecule has 0 heterocycles. The lowest BCUT2D eigenvalue weighted by Gasteiger charge is -2.26. The van der Waals surface area contributed by atoms with Crippen LogP contribution in [-0.2, 0) is 4.79 Å². The molecule has 0 aromatic heterocycles. The van der Waals surface area contributed by atoms with E-state index in [-0.39, 0.29) is 12.6 Å². The third-order valence-corrected chi connectivity index (χ3v) is 4.04. The largest absolute Gasteiger partial charge is 0.481 e. The van der Waals surface area contributed by atoms with Crippen LogP contribution in [0.15, 0.2) is 0 Å². The fraction of sp³-hybridized carbons (Fsp3) is 0.857. The Morgan fingerprint density at radius 3 is 2.37 bits per heavy atom. The zero-order chi connectivity index (χ0) is 14.3. The Morgan fingerprint density at radius 2 is 1.84 bits per heavy atom. The van der Waals surface area contributed by atoms with Gasteiger partial charge in [0.2, 0.25) is 0 Å². The Hall–Kier alpha value is -1.26. The van der Waals surface area contributed by atoms with Gasteiger partial charge in [0.05, 0.1) is 5.92 Å². The molecule has 5 heteroatoms. The molecule has 19 heavy (non-hydrogen) atoms. The molecule has 110 valence electrons. The predicted octanol–water partition coefficient (Wildman–Crippen LogP) is 2.22. The first-order valence-corrected chi connectivity index (χ1v) is 7.27. The lowest BCUT2D eigenvalue weighted by atomic mass is 9.83. The van der Waals surface area contributed by atoms with Crippen LogP contribution >= 0.6 is 0 Å². The summed E-state index contributed by atoms with van der Waals surface area (Å²) in [5, 5.41) is 14.3. The molecule has 1 atom stereocenters. The standard InChI is InChI=1S/C14H26N2O3/c1-3-12(13(17)18)9-16-14(19)15-8-11-6-4-10(2)5-7-11/h10-12H,3-9H2,1-2H3,(H,17,18)(H2,15,16,19). The highest BCUT2D eigenvalue weighted by molar-refractivity contribution is 5.75. The van der Waals surface area contributed by atoms with Crippen LogP contribution in [0.4, 0.5) is 4.79 Å². The van der Waals surface area contributed by atoms with Gasteiger partial charge in [0.15, 0.2) is 0 Å². The fourth-order valence-corrected chi connectivity index (χ4v) is 2.45. The second-order valence-electron chi connectivity index (χ2n) is 5.66. The number of carbonyl (C=O) groups excluding carboxylic acids is 1. The van der Waals surface area contributed by atoms with E-state index in [1.165, 1.54) is 25.7 Å². The Morgan fingerprint density at radius 1 is 1.21 bits per heavy atom. The number of aliphatic carboxylic acids is 1. The van der Waals surface area contributed by atoms with E-state index in [0.717, 1.165) is 5.92 Å². The Kier molecular flexibility index (Phi) is 6.67. The summed E-state index contributed by atoms with van der Waals surface area (Å²) in [6.07, 6.45) is 5.36. The second-order valence-corrected chi connectivity index (χ2v) is 5.66. The number of carbonyl (C=O) groups is 2. The highest BCUT2D eigenvalue weighted by Crippen LogP contribution is 2.27. The maximum Gasteiger partial charge on any atom is 0.314 e.